The van der Waals surface area contributed by atoms with Gasteiger partial charge in [-0.1, -0.05) is 12.7 Å². The molecule has 41 heavy (non-hydrogen) atoms. The van der Waals surface area contributed by atoms with E-state index in [1.807, 2.05) is 25.8 Å². The maximum atomic E-state index is 15.7. The van der Waals surface area contributed by atoms with Crippen LogP contribution in [0.3, 0.4) is 0 Å². The van der Waals surface area contributed by atoms with E-state index >= 15 is 4.39 Å². The molecule has 0 bridgehead atoms. The summed E-state index contributed by atoms with van der Waals surface area (Å²) in [5.41, 5.74) is -0.621. The highest BCUT2D eigenvalue weighted by Crippen LogP contribution is 2.38. The molecule has 2 amide bonds. The first-order valence-electron chi connectivity index (χ1n) is 13.4. The molecule has 0 spiro atoms. The number of likely N-dealkylation sites (N-methyl/N-ethyl adjacent to an activating group) is 1. The number of carbonyl (C=O) groups excluding carboxylic acids is 2. The molecule has 8 nitrogen and oxygen atoms in total. The van der Waals surface area contributed by atoms with Gasteiger partial charge in [0.05, 0.1) is 28.6 Å². The minimum absolute atomic E-state index is 0.00670. The van der Waals surface area contributed by atoms with Crippen molar-refractivity contribution >= 4 is 28.9 Å². The fraction of sp³-hybridized carbons (Fsp3) is 0.448. The number of rotatable bonds is 5. The lowest BCUT2D eigenvalue weighted by Gasteiger charge is -2.44. The molecule has 0 radical (unpaired) electrons. The minimum atomic E-state index is -4.80. The zero-order chi connectivity index (χ0) is 30.2. The number of benzene rings is 1. The number of anilines is 2. The van der Waals surface area contributed by atoms with Gasteiger partial charge in [0.25, 0.3) is 5.91 Å². The smallest absolute Gasteiger partial charge is 0.417 e. The molecule has 3 heterocycles. The molecular formula is C29H35F4N5O3. The summed E-state index contributed by atoms with van der Waals surface area (Å²) in [6.07, 6.45) is -2.24. The number of alkyl halides is 3. The summed E-state index contributed by atoms with van der Waals surface area (Å²) in [5, 5.41) is 5.18. The van der Waals surface area contributed by atoms with Crippen molar-refractivity contribution < 1.29 is 31.9 Å². The SMILES string of the molecule is C=C1C=C(C(F)(F)F)C(C(=O)Nc2cc(C3=CCN(C(=O)OC(C)C)C3)c(F)cc2N2C[C@@H](C)N(C)[C@@H](C)C2)=CN1. The molecule has 1 saturated heterocycles. The molecule has 0 unspecified atom stereocenters. The zero-order valence-electron chi connectivity index (χ0n) is 23.7. The Balaban J connectivity index is 1.70. The molecule has 3 aliphatic rings. The monoisotopic (exact) mass is 577 g/mol. The Morgan fingerprint density at radius 1 is 1.17 bits per heavy atom. The van der Waals surface area contributed by atoms with Crippen LogP contribution in [0.5, 0.6) is 0 Å². The minimum Gasteiger partial charge on any atom is -0.447 e. The van der Waals surface area contributed by atoms with Crippen molar-refractivity contribution in [3.05, 3.63) is 65.3 Å². The Morgan fingerprint density at radius 3 is 2.44 bits per heavy atom. The number of hydrogen-bond acceptors (Lipinski definition) is 6. The number of nitrogens with one attached hydrogen (secondary N) is 2. The second-order valence-electron chi connectivity index (χ2n) is 10.9. The Hall–Kier alpha value is -3.80. The molecule has 4 rings (SSSR count). The molecule has 0 aromatic heterocycles. The summed E-state index contributed by atoms with van der Waals surface area (Å²) in [6, 6.07) is 2.91. The molecule has 2 atom stereocenters. The van der Waals surface area contributed by atoms with Gasteiger partial charge in [-0.2, -0.15) is 13.2 Å². The van der Waals surface area contributed by atoms with E-state index in [0.29, 0.717) is 24.4 Å². The molecule has 222 valence electrons. The molecule has 3 aliphatic heterocycles. The van der Waals surface area contributed by atoms with E-state index in [1.165, 1.54) is 17.0 Å². The number of halogens is 4. The van der Waals surface area contributed by atoms with Gasteiger partial charge < -0.3 is 25.2 Å². The average Bonchev–Trinajstić information content (AvgIpc) is 3.37. The van der Waals surface area contributed by atoms with Gasteiger partial charge in [0, 0.05) is 55.7 Å². The van der Waals surface area contributed by atoms with Gasteiger partial charge in [0.15, 0.2) is 0 Å². The van der Waals surface area contributed by atoms with E-state index in [9.17, 15) is 22.8 Å². The van der Waals surface area contributed by atoms with Crippen molar-refractivity contribution in [1.82, 2.24) is 15.1 Å². The predicted octanol–water partition coefficient (Wildman–Crippen LogP) is 5.03. The third kappa shape index (κ3) is 6.58. The second kappa shape index (κ2) is 11.6. The molecule has 0 saturated carbocycles. The highest BCUT2D eigenvalue weighted by molar-refractivity contribution is 6.09. The van der Waals surface area contributed by atoms with Gasteiger partial charge in [0.2, 0.25) is 0 Å². The van der Waals surface area contributed by atoms with Crippen molar-refractivity contribution in [2.24, 2.45) is 0 Å². The standard InChI is InChI=1S/C29H35F4N5O3/c1-16(2)41-28(40)37-8-7-20(15-37)21-10-25(26(11-24(21)30)38-13-18(4)36(6)19(5)14-38)35-27(39)22-12-34-17(3)9-23(22)29(31,32)33/h7,9-12,16,18-19,34H,3,8,13-15H2,1-2,4-6H3,(H,35,39)/t18-,19+. The number of carbonyl (C=O) groups is 2. The van der Waals surface area contributed by atoms with Crippen LogP contribution in [0.4, 0.5) is 33.7 Å². The van der Waals surface area contributed by atoms with Crippen molar-refractivity contribution in [3.8, 4) is 0 Å². The van der Waals surface area contributed by atoms with Crippen molar-refractivity contribution in [3.63, 3.8) is 0 Å². The first-order valence-corrected chi connectivity index (χ1v) is 13.4. The summed E-state index contributed by atoms with van der Waals surface area (Å²) in [5.74, 6) is -1.58. The average molecular weight is 578 g/mol. The van der Waals surface area contributed by atoms with Gasteiger partial charge in [-0.05, 0) is 58.5 Å². The van der Waals surface area contributed by atoms with Gasteiger partial charge in [0.1, 0.15) is 5.82 Å². The molecule has 2 N–H and O–H groups in total. The number of hydrogen-bond donors (Lipinski definition) is 2. The highest BCUT2D eigenvalue weighted by Gasteiger charge is 2.40. The number of ether oxygens (including phenoxy) is 1. The number of dihydropyridines is 1. The zero-order valence-corrected chi connectivity index (χ0v) is 23.7. The van der Waals surface area contributed by atoms with Gasteiger partial charge >= 0.3 is 12.3 Å². The van der Waals surface area contributed by atoms with E-state index < -0.39 is 35.1 Å². The molecule has 1 aromatic rings. The number of allylic oxidation sites excluding steroid dienone is 1. The third-order valence-corrected chi connectivity index (χ3v) is 7.45. The molecular weight excluding hydrogens is 542 g/mol. The van der Waals surface area contributed by atoms with E-state index in [0.717, 1.165) is 12.3 Å². The molecule has 12 heteroatoms. The fourth-order valence-corrected chi connectivity index (χ4v) is 5.09. The van der Waals surface area contributed by atoms with Gasteiger partial charge in [-0.25, -0.2) is 9.18 Å². The van der Waals surface area contributed by atoms with E-state index in [4.69, 9.17) is 4.74 Å². The summed E-state index contributed by atoms with van der Waals surface area (Å²) in [4.78, 5) is 31.2. The van der Waals surface area contributed by atoms with Gasteiger partial charge in [-0.15, -0.1) is 0 Å². The summed E-state index contributed by atoms with van der Waals surface area (Å²) >= 11 is 0. The predicted molar refractivity (Wildman–Crippen MR) is 150 cm³/mol. The second-order valence-corrected chi connectivity index (χ2v) is 10.9. The maximum Gasteiger partial charge on any atom is 0.417 e. The highest BCUT2D eigenvalue weighted by atomic mass is 19.4. The van der Waals surface area contributed by atoms with Crippen LogP contribution in [0.1, 0.15) is 33.3 Å². The summed E-state index contributed by atoms with van der Waals surface area (Å²) < 4.78 is 62.3. The van der Waals surface area contributed by atoms with Crippen molar-refractivity contribution in [2.45, 2.75) is 52.1 Å². The number of amides is 2. The fourth-order valence-electron chi connectivity index (χ4n) is 5.09. The van der Waals surface area contributed by atoms with Crippen LogP contribution in [0.25, 0.3) is 5.57 Å². The lowest BCUT2D eigenvalue weighted by atomic mass is 10.00. The van der Waals surface area contributed by atoms with Crippen LogP contribution in [-0.4, -0.2) is 79.4 Å². The van der Waals surface area contributed by atoms with E-state index in [2.05, 4.69) is 22.1 Å². The van der Waals surface area contributed by atoms with Crippen LogP contribution >= 0.6 is 0 Å². The maximum absolute atomic E-state index is 15.7. The van der Waals surface area contributed by atoms with Crippen LogP contribution in [0.2, 0.25) is 0 Å². The van der Waals surface area contributed by atoms with Crippen LogP contribution < -0.4 is 15.5 Å². The first-order chi connectivity index (χ1) is 19.1. The lowest BCUT2D eigenvalue weighted by molar-refractivity contribution is -0.115. The van der Waals surface area contributed by atoms with Crippen molar-refractivity contribution in [1.29, 1.82) is 0 Å². The van der Waals surface area contributed by atoms with E-state index in [-0.39, 0.29) is 48.2 Å². The van der Waals surface area contributed by atoms with Gasteiger partial charge in [-0.3, -0.25) is 9.69 Å². The number of piperazine rings is 1. The summed E-state index contributed by atoms with van der Waals surface area (Å²) in [6.45, 7) is 12.3. The largest absolute Gasteiger partial charge is 0.447 e. The lowest BCUT2D eigenvalue weighted by Crippen LogP contribution is -2.55. The molecule has 0 aliphatic carbocycles. The summed E-state index contributed by atoms with van der Waals surface area (Å²) in [7, 11) is 1.99. The quantitative estimate of drug-likeness (QED) is 0.479. The third-order valence-electron chi connectivity index (χ3n) is 7.45. The van der Waals surface area contributed by atoms with Crippen molar-refractivity contribution in [2.75, 3.05) is 43.4 Å². The van der Waals surface area contributed by atoms with Crippen LogP contribution in [0.15, 0.2) is 53.9 Å². The Labute approximate surface area is 237 Å². The molecule has 1 aromatic carbocycles. The van der Waals surface area contributed by atoms with E-state index in [1.54, 1.807) is 19.9 Å². The Bertz CT molecular complexity index is 1320. The number of nitrogens with zero attached hydrogens (tertiary/aromatic N) is 3. The van der Waals surface area contributed by atoms with Crippen LogP contribution in [0, 0.1) is 5.82 Å². The Morgan fingerprint density at radius 2 is 1.83 bits per heavy atom. The molecule has 1 fully saturated rings. The topological polar surface area (TPSA) is 77.2 Å². The normalized spacial score (nSPS) is 21.8. The van der Waals surface area contributed by atoms with Crippen LogP contribution in [-0.2, 0) is 9.53 Å². The Kier molecular flexibility index (Phi) is 8.53. The first kappa shape index (κ1) is 30.2.